The minimum Gasteiger partial charge on any atom is -0.456 e. The third kappa shape index (κ3) is 9.28. The van der Waals surface area contributed by atoms with Gasteiger partial charge in [-0.1, -0.05) is 224 Å². The molecule has 24 rings (SSSR count). The maximum atomic E-state index is 9.24. The van der Waals surface area contributed by atoms with Gasteiger partial charge in [0, 0.05) is 126 Å². The monoisotopic (exact) mass is 1450 g/mol. The number of aromatic nitrogens is 4. The number of hydrogen-bond donors (Lipinski definition) is 2. The van der Waals surface area contributed by atoms with Crippen LogP contribution in [0.3, 0.4) is 0 Å². The molecule has 0 unspecified atom stereocenters. The smallest absolute Gasteiger partial charge is 0.456 e. The lowest BCUT2D eigenvalue weighted by Crippen LogP contribution is -2.29. The Hall–Kier alpha value is -13.6. The Morgan fingerprint density at radius 1 is 0.231 bits per heavy atom. The van der Waals surface area contributed by atoms with Crippen LogP contribution >= 0.6 is 15.9 Å². The summed E-state index contributed by atoms with van der Waals surface area (Å²) in [6, 6.07) is 119. The molecule has 0 saturated heterocycles. The van der Waals surface area contributed by atoms with E-state index in [9.17, 15) is 10.0 Å². The van der Waals surface area contributed by atoms with E-state index in [2.05, 4.69) is 313 Å². The minimum absolute atomic E-state index is 0.397. The van der Waals surface area contributed by atoms with Crippen LogP contribution in [-0.2, 0) is 0 Å². The fourth-order valence-corrected chi connectivity index (χ4v) is 17.7. The van der Waals surface area contributed by atoms with Gasteiger partial charge in [-0.05, 0) is 131 Å². The van der Waals surface area contributed by atoms with Gasteiger partial charge in [-0.2, -0.15) is 0 Å². The molecule has 0 bridgehead atoms. The highest BCUT2D eigenvalue weighted by Gasteiger charge is 2.26. The zero-order valence-corrected chi connectivity index (χ0v) is 59.2. The van der Waals surface area contributed by atoms with Crippen LogP contribution in [0.1, 0.15) is 0 Å². The largest absolute Gasteiger partial charge is 0.492 e. The Morgan fingerprint density at radius 2 is 0.583 bits per heavy atom. The number of halogens is 1. The topological polar surface area (TPSA) is 113 Å². The van der Waals surface area contributed by atoms with Gasteiger partial charge in [0.1, 0.15) is 44.7 Å². The van der Waals surface area contributed by atoms with Gasteiger partial charge in [0.2, 0.25) is 0 Å². The molecule has 12 heteroatoms. The molecule has 0 aliphatic carbocycles. The maximum absolute atomic E-state index is 9.24. The second-order valence-electron chi connectivity index (χ2n) is 27.6. The highest BCUT2D eigenvalue weighted by Crippen LogP contribution is 2.48. The van der Waals surface area contributed by atoms with Gasteiger partial charge in [-0.15, -0.1) is 0 Å². The summed E-state index contributed by atoms with van der Waals surface area (Å²) in [5.74, 6) is 0. The molecule has 0 saturated carbocycles. The summed E-state index contributed by atoms with van der Waals surface area (Å²) in [6.45, 7) is 0. The number of rotatable bonds is 6. The number of benzene rings is 16. The van der Waals surface area contributed by atoms with Crippen LogP contribution in [0.2, 0.25) is 0 Å². The van der Waals surface area contributed by atoms with Crippen molar-refractivity contribution in [2.75, 3.05) is 0 Å². The number of para-hydroxylation sites is 12. The predicted molar refractivity (Wildman–Crippen MR) is 449 cm³/mol. The molecule has 10 nitrogen and oxygen atoms in total. The van der Waals surface area contributed by atoms with Crippen molar-refractivity contribution in [3.05, 3.63) is 344 Å². The fourth-order valence-electron chi connectivity index (χ4n) is 17.2. The number of hydrogen-bond acceptors (Lipinski definition) is 6. The van der Waals surface area contributed by atoms with Crippen LogP contribution in [0.4, 0.5) is 0 Å². The Kier molecular flexibility index (Phi) is 13.9. The van der Waals surface area contributed by atoms with Gasteiger partial charge in [0.05, 0.1) is 48.6 Å². The SMILES string of the molecule is Brc1cccc2c1oc1ccc(-n3c4ccccc4c4ccc5c(c6ccccc6n5-c5ccccc5)c43)cc12.OB(O)c1cccc2c1oc1ccccc12.c1ccc(-n2c3ccccc3c3c2ccc2c4ccccc4n(-c4ccc5oc6c(-c7cccc8c7oc7ccccc78)cccc6c5c4)c23)cc1. The van der Waals surface area contributed by atoms with Gasteiger partial charge >= 0.3 is 7.12 Å². The van der Waals surface area contributed by atoms with Crippen molar-refractivity contribution in [1.29, 1.82) is 0 Å². The Balaban J connectivity index is 0.000000114. The van der Waals surface area contributed by atoms with Crippen LogP contribution < -0.4 is 5.46 Å². The van der Waals surface area contributed by atoms with E-state index in [0.717, 1.165) is 121 Å². The minimum atomic E-state index is -1.51. The summed E-state index contributed by atoms with van der Waals surface area (Å²) >= 11 is 3.67. The number of fused-ring (bicyclic) bond motifs is 26. The van der Waals surface area contributed by atoms with Gasteiger partial charge < -0.3 is 46.0 Å². The molecule has 108 heavy (non-hydrogen) atoms. The van der Waals surface area contributed by atoms with E-state index in [0.29, 0.717) is 11.0 Å². The van der Waals surface area contributed by atoms with E-state index in [1.165, 1.54) is 87.2 Å². The van der Waals surface area contributed by atoms with Crippen molar-refractivity contribution in [1.82, 2.24) is 18.3 Å². The summed E-state index contributed by atoms with van der Waals surface area (Å²) in [7, 11) is -1.51. The molecule has 0 fully saturated rings. The van der Waals surface area contributed by atoms with Crippen molar-refractivity contribution in [2.45, 2.75) is 0 Å². The molecule has 0 atom stereocenters. The van der Waals surface area contributed by atoms with Crippen LogP contribution in [0.25, 0.3) is 209 Å². The van der Waals surface area contributed by atoms with Gasteiger partial charge in [-0.3, -0.25) is 0 Å². The molecular weight excluding hydrogens is 1400 g/mol. The average molecular weight is 1450 g/mol. The molecule has 16 aromatic carbocycles. The first-order chi connectivity index (χ1) is 53.4. The molecule has 8 heterocycles. The molecule has 508 valence electrons. The standard InChI is InChI=1S/C48H28N2O2.C36H21BrN2O.C12H9BO3/c1-2-12-29(13-3-1)49-41-22-8-5-16-38(41)45-42(49)26-25-33-31-14-4-7-21-40(31)50(46(33)45)30-24-27-44-39(28-30)37-20-11-19-36(48(37)52-44)35-18-10-17-34-32-15-6-9-23-43(32)51-47(34)35;37-29-14-8-13-26-28-21-23(17-20-33(28)40-36(26)29)39-30-15-6-4-11-24(30)25-18-19-32-34(35(25)39)27-12-5-7-16-31(27)38(32)22-9-2-1-3-10-22;14-13(15)10-6-3-5-9-8-4-1-2-7-11(8)16-12(9)10/h1-28H;1-21H;1-7,14-15H. The summed E-state index contributed by atoms with van der Waals surface area (Å²) in [5, 5.41) is 36.9. The summed E-state index contributed by atoms with van der Waals surface area (Å²) in [6.07, 6.45) is 0. The molecule has 2 N–H and O–H groups in total. The molecule has 8 aromatic heterocycles. The lowest BCUT2D eigenvalue weighted by Gasteiger charge is -2.10. The Labute approximate surface area is 623 Å². The quantitative estimate of drug-likeness (QED) is 0.160. The number of furan rings is 4. The average Bonchev–Trinajstić information content (AvgIpc) is 1.55. The highest BCUT2D eigenvalue weighted by atomic mass is 79.9. The Bertz CT molecular complexity index is 7820. The first-order valence-electron chi connectivity index (χ1n) is 36.1. The third-order valence-corrected chi connectivity index (χ3v) is 22.4. The van der Waals surface area contributed by atoms with Crippen LogP contribution in [-0.4, -0.2) is 35.4 Å². The van der Waals surface area contributed by atoms with E-state index < -0.39 is 7.12 Å². The van der Waals surface area contributed by atoms with Crippen molar-refractivity contribution < 1.29 is 27.7 Å². The van der Waals surface area contributed by atoms with Crippen LogP contribution in [0.15, 0.2) is 362 Å². The normalized spacial score (nSPS) is 12.0. The van der Waals surface area contributed by atoms with Gasteiger partial charge in [0.15, 0.2) is 0 Å². The molecule has 24 aromatic rings. The van der Waals surface area contributed by atoms with E-state index in [-0.39, 0.29) is 0 Å². The highest BCUT2D eigenvalue weighted by molar-refractivity contribution is 9.10. The molecule has 0 aliphatic heterocycles. The van der Waals surface area contributed by atoms with E-state index in [1.54, 1.807) is 12.1 Å². The lowest BCUT2D eigenvalue weighted by atomic mass is 9.79. The first-order valence-corrected chi connectivity index (χ1v) is 36.9. The van der Waals surface area contributed by atoms with Crippen LogP contribution in [0, 0.1) is 0 Å². The summed E-state index contributed by atoms with van der Waals surface area (Å²) in [4.78, 5) is 0. The van der Waals surface area contributed by atoms with Gasteiger partial charge in [-0.25, -0.2) is 0 Å². The number of nitrogens with zero attached hydrogens (tertiary/aromatic N) is 4. The van der Waals surface area contributed by atoms with Crippen LogP contribution in [0.5, 0.6) is 0 Å². The first kappa shape index (κ1) is 61.8. The molecule has 0 radical (unpaired) electrons. The lowest BCUT2D eigenvalue weighted by molar-refractivity contribution is 0.425. The predicted octanol–water partition coefficient (Wildman–Crippen LogP) is 25.2. The molecule has 0 spiro atoms. The maximum Gasteiger partial charge on any atom is 0.492 e. The fraction of sp³-hybridized carbons (Fsp3) is 0. The van der Waals surface area contributed by atoms with E-state index >= 15 is 0 Å². The van der Waals surface area contributed by atoms with E-state index in [4.69, 9.17) is 17.7 Å². The summed E-state index contributed by atoms with van der Waals surface area (Å²) < 4.78 is 35.7. The van der Waals surface area contributed by atoms with Crippen molar-refractivity contribution in [3.8, 4) is 33.9 Å². The molecular formula is C96H58BBrN4O6. The van der Waals surface area contributed by atoms with Crippen molar-refractivity contribution in [2.24, 2.45) is 0 Å². The summed E-state index contributed by atoms with van der Waals surface area (Å²) in [5.41, 5.74) is 23.1. The Morgan fingerprint density at radius 3 is 1.06 bits per heavy atom. The van der Waals surface area contributed by atoms with E-state index in [1.807, 2.05) is 48.5 Å². The van der Waals surface area contributed by atoms with Gasteiger partial charge in [0.25, 0.3) is 0 Å². The third-order valence-electron chi connectivity index (χ3n) is 21.8. The molecule has 0 amide bonds. The van der Waals surface area contributed by atoms with Crippen molar-refractivity contribution >= 4 is 203 Å². The zero-order chi connectivity index (χ0) is 71.4. The second kappa shape index (κ2) is 24.2. The molecule has 0 aliphatic rings. The second-order valence-corrected chi connectivity index (χ2v) is 28.5. The van der Waals surface area contributed by atoms with Crippen molar-refractivity contribution in [3.63, 3.8) is 0 Å². The zero-order valence-electron chi connectivity index (χ0n) is 57.6.